The molecular formula is C23H34ClNO5. The minimum atomic E-state index is -0.390. The number of carbonyl (C=O) groups excluding carboxylic acids is 1. The highest BCUT2D eigenvalue weighted by molar-refractivity contribution is 6.30. The molecule has 0 spiro atoms. The summed E-state index contributed by atoms with van der Waals surface area (Å²) in [7, 11) is 4.82. The normalized spacial score (nSPS) is 31.0. The molecule has 0 bridgehead atoms. The van der Waals surface area contributed by atoms with Gasteiger partial charge in [0.15, 0.2) is 11.5 Å². The van der Waals surface area contributed by atoms with E-state index >= 15 is 0 Å². The summed E-state index contributed by atoms with van der Waals surface area (Å²) in [4.78, 5) is 12.6. The third-order valence-electron chi connectivity index (χ3n) is 6.60. The topological polar surface area (TPSA) is 66.0 Å². The maximum Gasteiger partial charge on any atom is 0.222 e. The van der Waals surface area contributed by atoms with Gasteiger partial charge in [0.25, 0.3) is 0 Å². The fraction of sp³-hybridized carbons (Fsp3) is 0.696. The number of hydrogen-bond acceptors (Lipinski definition) is 5. The van der Waals surface area contributed by atoms with Crippen molar-refractivity contribution in [2.45, 2.75) is 63.7 Å². The van der Waals surface area contributed by atoms with E-state index in [9.17, 15) is 4.79 Å². The molecule has 1 aromatic carbocycles. The van der Waals surface area contributed by atoms with E-state index in [2.05, 4.69) is 19.2 Å². The molecule has 5 atom stereocenters. The highest BCUT2D eigenvalue weighted by atomic mass is 35.5. The zero-order chi connectivity index (χ0) is 21.9. The van der Waals surface area contributed by atoms with Gasteiger partial charge in [0.1, 0.15) is 0 Å². The first-order chi connectivity index (χ1) is 14.3. The summed E-state index contributed by atoms with van der Waals surface area (Å²) in [5.41, 5.74) is 0.468. The number of methoxy groups -OCH3 is 3. The maximum atomic E-state index is 12.6. The molecule has 30 heavy (non-hydrogen) atoms. The van der Waals surface area contributed by atoms with Gasteiger partial charge in [-0.3, -0.25) is 4.79 Å². The molecule has 1 aliphatic heterocycles. The van der Waals surface area contributed by atoms with Gasteiger partial charge in [0.05, 0.1) is 33.0 Å². The molecule has 0 radical (unpaired) electrons. The lowest BCUT2D eigenvalue weighted by molar-refractivity contribution is -0.154. The Hall–Kier alpha value is -1.50. The third kappa shape index (κ3) is 4.87. The fourth-order valence-electron chi connectivity index (χ4n) is 5.10. The second-order valence-corrected chi connectivity index (χ2v) is 9.27. The van der Waals surface area contributed by atoms with Gasteiger partial charge in [-0.25, -0.2) is 0 Å². The number of halogens is 1. The van der Waals surface area contributed by atoms with Gasteiger partial charge in [-0.05, 0) is 31.7 Å². The molecule has 1 amide bonds. The average molecular weight is 440 g/mol. The van der Waals surface area contributed by atoms with Crippen LogP contribution < -0.4 is 14.8 Å². The van der Waals surface area contributed by atoms with E-state index in [1.54, 1.807) is 27.4 Å². The average Bonchev–Trinajstić information content (AvgIpc) is 2.70. The Morgan fingerprint density at radius 2 is 2.03 bits per heavy atom. The standard InChI is InChI=1S/C23H34ClNO5/c1-14-6-7-17-18(10-14)30-20(13-23(17,2)25-21(26)8-9-27-3)16-11-15(24)12-19(28-4)22(16)29-5/h11-12,14,17-18,20H,6-10,13H2,1-5H3,(H,25,26)/t14-,17-,18-,20-,23-/m1/s1. The molecule has 1 heterocycles. The molecule has 2 aliphatic rings. The molecule has 1 aromatic rings. The minimum Gasteiger partial charge on any atom is -0.493 e. The lowest BCUT2D eigenvalue weighted by atomic mass is 9.66. The second kappa shape index (κ2) is 9.75. The van der Waals surface area contributed by atoms with Gasteiger partial charge in [0, 0.05) is 48.1 Å². The van der Waals surface area contributed by atoms with Crippen LogP contribution >= 0.6 is 11.6 Å². The smallest absolute Gasteiger partial charge is 0.222 e. The number of rotatable bonds is 7. The molecule has 168 valence electrons. The SMILES string of the molecule is COCCC(=O)N[C@]1(C)C[C@H](c2cc(Cl)cc(OC)c2OC)O[C@@H]2C[C@H](C)CC[C@H]21. The number of ether oxygens (including phenoxy) is 4. The zero-order valence-electron chi connectivity index (χ0n) is 18.6. The summed E-state index contributed by atoms with van der Waals surface area (Å²) in [6.45, 7) is 4.82. The number of nitrogens with one attached hydrogen (secondary N) is 1. The van der Waals surface area contributed by atoms with Gasteiger partial charge in [-0.2, -0.15) is 0 Å². The fourth-order valence-corrected chi connectivity index (χ4v) is 5.32. The van der Waals surface area contributed by atoms with Crippen LogP contribution in [0.2, 0.25) is 5.02 Å². The van der Waals surface area contributed by atoms with Gasteiger partial charge in [-0.1, -0.05) is 24.9 Å². The number of hydrogen-bond donors (Lipinski definition) is 1. The van der Waals surface area contributed by atoms with Crippen LogP contribution in [-0.4, -0.2) is 45.5 Å². The van der Waals surface area contributed by atoms with Gasteiger partial charge in [-0.15, -0.1) is 0 Å². The third-order valence-corrected chi connectivity index (χ3v) is 6.82. The quantitative estimate of drug-likeness (QED) is 0.675. The van der Waals surface area contributed by atoms with Crippen molar-refractivity contribution < 1.29 is 23.7 Å². The Bertz CT molecular complexity index is 757. The van der Waals surface area contributed by atoms with Crippen LogP contribution in [0.4, 0.5) is 0 Å². The first-order valence-corrected chi connectivity index (χ1v) is 11.1. The first kappa shape index (κ1) is 23.2. The summed E-state index contributed by atoms with van der Waals surface area (Å²) in [6, 6.07) is 3.62. The number of fused-ring (bicyclic) bond motifs is 1. The predicted octanol–water partition coefficient (Wildman–Crippen LogP) is 4.53. The molecule has 0 unspecified atom stereocenters. The van der Waals surface area contributed by atoms with Crippen LogP contribution in [0.15, 0.2) is 12.1 Å². The molecule has 1 saturated heterocycles. The minimum absolute atomic E-state index is 0.00742. The van der Waals surface area contributed by atoms with E-state index in [1.165, 1.54) is 0 Å². The lowest BCUT2D eigenvalue weighted by Gasteiger charge is -2.52. The highest BCUT2D eigenvalue weighted by Gasteiger charge is 2.50. The van der Waals surface area contributed by atoms with Crippen LogP contribution in [0.3, 0.4) is 0 Å². The van der Waals surface area contributed by atoms with Gasteiger partial charge < -0.3 is 24.3 Å². The van der Waals surface area contributed by atoms with Crippen molar-refractivity contribution in [3.8, 4) is 11.5 Å². The Morgan fingerprint density at radius 1 is 1.27 bits per heavy atom. The van der Waals surface area contributed by atoms with Crippen LogP contribution in [-0.2, 0) is 14.3 Å². The van der Waals surface area contributed by atoms with Crippen molar-refractivity contribution in [2.75, 3.05) is 27.9 Å². The molecular weight excluding hydrogens is 406 g/mol. The van der Waals surface area contributed by atoms with Crippen LogP contribution in [0.25, 0.3) is 0 Å². The van der Waals surface area contributed by atoms with E-state index in [0.29, 0.717) is 41.9 Å². The van der Waals surface area contributed by atoms with Crippen molar-refractivity contribution in [3.63, 3.8) is 0 Å². The van der Waals surface area contributed by atoms with E-state index < -0.39 is 0 Å². The molecule has 3 rings (SSSR count). The van der Waals surface area contributed by atoms with Gasteiger partial charge in [0.2, 0.25) is 5.91 Å². The monoisotopic (exact) mass is 439 g/mol. The van der Waals surface area contributed by atoms with Crippen LogP contribution in [0, 0.1) is 11.8 Å². The molecule has 0 aromatic heterocycles. The maximum absolute atomic E-state index is 12.6. The molecule has 6 nitrogen and oxygen atoms in total. The Balaban J connectivity index is 1.95. The predicted molar refractivity (Wildman–Crippen MR) is 116 cm³/mol. The summed E-state index contributed by atoms with van der Waals surface area (Å²) in [5, 5.41) is 3.89. The summed E-state index contributed by atoms with van der Waals surface area (Å²) in [6.07, 6.45) is 3.95. The van der Waals surface area contributed by atoms with Crippen molar-refractivity contribution in [2.24, 2.45) is 11.8 Å². The van der Waals surface area contributed by atoms with Crippen molar-refractivity contribution >= 4 is 17.5 Å². The highest BCUT2D eigenvalue weighted by Crippen LogP contribution is 2.50. The Labute approximate surface area is 184 Å². The molecule has 1 saturated carbocycles. The van der Waals surface area contributed by atoms with E-state index in [0.717, 1.165) is 24.8 Å². The second-order valence-electron chi connectivity index (χ2n) is 8.83. The van der Waals surface area contributed by atoms with Crippen molar-refractivity contribution in [1.82, 2.24) is 5.32 Å². The Kier molecular flexibility index (Phi) is 7.53. The summed E-state index contributed by atoms with van der Waals surface area (Å²) >= 11 is 6.38. The summed E-state index contributed by atoms with van der Waals surface area (Å²) in [5.74, 6) is 2.07. The number of benzene rings is 1. The Morgan fingerprint density at radius 3 is 2.70 bits per heavy atom. The number of amides is 1. The van der Waals surface area contributed by atoms with Crippen molar-refractivity contribution in [3.05, 3.63) is 22.7 Å². The molecule has 1 aliphatic carbocycles. The van der Waals surface area contributed by atoms with Crippen LogP contribution in [0.1, 0.15) is 57.6 Å². The first-order valence-electron chi connectivity index (χ1n) is 10.7. The van der Waals surface area contributed by atoms with E-state index in [-0.39, 0.29) is 29.6 Å². The lowest BCUT2D eigenvalue weighted by Crippen LogP contribution is -2.60. The van der Waals surface area contributed by atoms with E-state index in [1.807, 2.05) is 6.07 Å². The van der Waals surface area contributed by atoms with E-state index in [4.69, 9.17) is 30.5 Å². The summed E-state index contributed by atoms with van der Waals surface area (Å²) < 4.78 is 22.9. The van der Waals surface area contributed by atoms with Gasteiger partial charge >= 0.3 is 0 Å². The van der Waals surface area contributed by atoms with Crippen LogP contribution in [0.5, 0.6) is 11.5 Å². The largest absolute Gasteiger partial charge is 0.493 e. The molecule has 1 N–H and O–H groups in total. The van der Waals surface area contributed by atoms with Crippen molar-refractivity contribution in [1.29, 1.82) is 0 Å². The molecule has 7 heteroatoms. The number of carbonyl (C=O) groups is 1. The molecule has 2 fully saturated rings. The zero-order valence-corrected chi connectivity index (χ0v) is 19.4.